The molecule has 0 atom stereocenters. The molecule has 152 valence electrons. The van der Waals surface area contributed by atoms with E-state index in [4.69, 9.17) is 0 Å². The molecule has 0 aliphatic carbocycles. The van der Waals surface area contributed by atoms with Gasteiger partial charge in [0.25, 0.3) is 5.91 Å². The van der Waals surface area contributed by atoms with Crippen LogP contribution in [-0.4, -0.2) is 29.0 Å². The number of hydrogen-bond donors (Lipinski definition) is 1. The minimum absolute atomic E-state index is 0.464. The van der Waals surface area contributed by atoms with Gasteiger partial charge in [0.05, 0.1) is 6.20 Å². The highest BCUT2D eigenvalue weighted by Gasteiger charge is 2.20. The number of benzene rings is 2. The fourth-order valence-corrected chi connectivity index (χ4v) is 3.51. The number of carbonyl (C=O) groups excluding carboxylic acids is 1. The molecule has 1 aliphatic heterocycles. The monoisotopic (exact) mass is 406 g/mol. The van der Waals surface area contributed by atoms with E-state index >= 15 is 0 Å². The number of nitrogens with one attached hydrogen (secondary N) is 1. The SMILES string of the molecule is CC1=C(c2ccc(NC(=O)c3c(F)cccc3F)cc2)CN(c2cnccn2)CC1. The summed E-state index contributed by atoms with van der Waals surface area (Å²) in [5, 5.41) is 2.55. The van der Waals surface area contributed by atoms with Crippen molar-refractivity contribution < 1.29 is 13.6 Å². The zero-order valence-electron chi connectivity index (χ0n) is 16.4. The molecule has 0 radical (unpaired) electrons. The Morgan fingerprint density at radius 3 is 2.47 bits per heavy atom. The van der Waals surface area contributed by atoms with Crippen LogP contribution in [0.2, 0.25) is 0 Å². The van der Waals surface area contributed by atoms with E-state index in [2.05, 4.69) is 27.1 Å². The largest absolute Gasteiger partial charge is 0.351 e. The first-order valence-electron chi connectivity index (χ1n) is 9.58. The number of rotatable bonds is 4. The molecule has 0 fully saturated rings. The van der Waals surface area contributed by atoms with Crippen LogP contribution in [0.25, 0.3) is 5.57 Å². The quantitative estimate of drug-likeness (QED) is 0.683. The van der Waals surface area contributed by atoms with Crippen molar-refractivity contribution in [1.82, 2.24) is 9.97 Å². The average Bonchev–Trinajstić information content (AvgIpc) is 2.75. The standard InChI is InChI=1S/C23H20F2N4O/c1-15-9-12-29(21-13-26-10-11-27-21)14-18(15)16-5-7-17(8-6-16)28-23(30)22-19(24)3-2-4-20(22)25/h2-8,10-11,13H,9,12,14H2,1H3,(H,28,30). The second-order valence-electron chi connectivity index (χ2n) is 7.12. The van der Waals surface area contributed by atoms with Crippen molar-refractivity contribution in [2.24, 2.45) is 0 Å². The number of amides is 1. The highest BCUT2D eigenvalue weighted by Crippen LogP contribution is 2.29. The smallest absolute Gasteiger partial charge is 0.261 e. The number of hydrogen-bond acceptors (Lipinski definition) is 4. The molecular weight excluding hydrogens is 386 g/mol. The minimum atomic E-state index is -0.892. The van der Waals surface area contributed by atoms with Crippen LogP contribution in [-0.2, 0) is 0 Å². The normalized spacial score (nSPS) is 14.0. The van der Waals surface area contributed by atoms with Crippen LogP contribution in [0.4, 0.5) is 20.3 Å². The summed E-state index contributed by atoms with van der Waals surface area (Å²) >= 11 is 0. The predicted molar refractivity (Wildman–Crippen MR) is 112 cm³/mol. The summed E-state index contributed by atoms with van der Waals surface area (Å²) in [6, 6.07) is 10.6. The zero-order valence-corrected chi connectivity index (χ0v) is 16.4. The Balaban J connectivity index is 1.51. The van der Waals surface area contributed by atoms with Crippen LogP contribution >= 0.6 is 0 Å². The number of halogens is 2. The van der Waals surface area contributed by atoms with Gasteiger partial charge in [0.2, 0.25) is 0 Å². The van der Waals surface area contributed by atoms with Gasteiger partial charge in [0.1, 0.15) is 23.0 Å². The maximum Gasteiger partial charge on any atom is 0.261 e. The molecule has 0 unspecified atom stereocenters. The summed E-state index contributed by atoms with van der Waals surface area (Å²) in [5.74, 6) is -1.77. The Morgan fingerprint density at radius 2 is 1.80 bits per heavy atom. The van der Waals surface area contributed by atoms with E-state index in [0.29, 0.717) is 12.2 Å². The third-order valence-corrected chi connectivity index (χ3v) is 5.18. The summed E-state index contributed by atoms with van der Waals surface area (Å²) in [4.78, 5) is 23.0. The molecule has 0 saturated heterocycles. The van der Waals surface area contributed by atoms with E-state index in [1.165, 1.54) is 17.2 Å². The molecule has 1 amide bonds. The van der Waals surface area contributed by atoms with Crippen molar-refractivity contribution in [3.05, 3.63) is 89.4 Å². The van der Waals surface area contributed by atoms with Crippen molar-refractivity contribution in [2.75, 3.05) is 23.3 Å². The molecule has 0 spiro atoms. The lowest BCUT2D eigenvalue weighted by Gasteiger charge is -2.31. The van der Waals surface area contributed by atoms with Crippen LogP contribution in [0.3, 0.4) is 0 Å². The maximum absolute atomic E-state index is 13.8. The average molecular weight is 406 g/mol. The molecule has 1 N–H and O–H groups in total. The molecular formula is C23H20F2N4O. The molecule has 4 rings (SSSR count). The van der Waals surface area contributed by atoms with Gasteiger partial charge in [-0.2, -0.15) is 0 Å². The Bertz CT molecular complexity index is 1080. The Hall–Kier alpha value is -3.61. The number of nitrogens with zero attached hydrogens (tertiary/aromatic N) is 3. The molecule has 1 aromatic heterocycles. The highest BCUT2D eigenvalue weighted by atomic mass is 19.1. The number of carbonyl (C=O) groups is 1. The number of aromatic nitrogens is 2. The second-order valence-corrected chi connectivity index (χ2v) is 7.12. The van der Waals surface area contributed by atoms with Gasteiger partial charge in [-0.1, -0.05) is 23.8 Å². The van der Waals surface area contributed by atoms with E-state index in [-0.39, 0.29) is 0 Å². The van der Waals surface area contributed by atoms with E-state index in [1.807, 2.05) is 12.1 Å². The van der Waals surface area contributed by atoms with Gasteiger partial charge in [0.15, 0.2) is 0 Å². The fraction of sp³-hybridized carbons (Fsp3) is 0.174. The predicted octanol–water partition coefficient (Wildman–Crippen LogP) is 4.69. The lowest BCUT2D eigenvalue weighted by atomic mass is 9.95. The summed E-state index contributed by atoms with van der Waals surface area (Å²) in [6.07, 6.45) is 5.99. The summed E-state index contributed by atoms with van der Waals surface area (Å²) in [6.45, 7) is 3.69. The van der Waals surface area contributed by atoms with E-state index in [9.17, 15) is 13.6 Å². The molecule has 0 saturated carbocycles. The first-order valence-corrected chi connectivity index (χ1v) is 9.58. The van der Waals surface area contributed by atoms with Crippen LogP contribution < -0.4 is 10.2 Å². The Labute approximate surface area is 173 Å². The topological polar surface area (TPSA) is 58.1 Å². The molecule has 30 heavy (non-hydrogen) atoms. The van der Waals surface area contributed by atoms with Crippen LogP contribution in [0.15, 0.2) is 66.6 Å². The van der Waals surface area contributed by atoms with Gasteiger partial charge in [-0.05, 0) is 48.7 Å². The van der Waals surface area contributed by atoms with Gasteiger partial charge in [-0.15, -0.1) is 0 Å². The van der Waals surface area contributed by atoms with Crippen molar-refractivity contribution in [3.8, 4) is 0 Å². The molecule has 7 heteroatoms. The third kappa shape index (κ3) is 4.05. The van der Waals surface area contributed by atoms with Crippen molar-refractivity contribution in [3.63, 3.8) is 0 Å². The third-order valence-electron chi connectivity index (χ3n) is 5.18. The zero-order chi connectivity index (χ0) is 21.1. The lowest BCUT2D eigenvalue weighted by molar-refractivity contribution is 0.101. The van der Waals surface area contributed by atoms with E-state index < -0.39 is 23.1 Å². The molecule has 5 nitrogen and oxygen atoms in total. The van der Waals surface area contributed by atoms with Crippen molar-refractivity contribution in [1.29, 1.82) is 0 Å². The van der Waals surface area contributed by atoms with Gasteiger partial charge in [0, 0.05) is 31.2 Å². The molecule has 0 bridgehead atoms. The minimum Gasteiger partial charge on any atom is -0.351 e. The summed E-state index contributed by atoms with van der Waals surface area (Å²) in [7, 11) is 0. The number of anilines is 2. The van der Waals surface area contributed by atoms with Crippen LogP contribution in [0, 0.1) is 11.6 Å². The molecule has 3 aromatic rings. The summed E-state index contributed by atoms with van der Waals surface area (Å²) < 4.78 is 27.6. The van der Waals surface area contributed by atoms with Crippen LogP contribution in [0.1, 0.15) is 29.3 Å². The van der Waals surface area contributed by atoms with E-state index in [1.54, 1.807) is 30.7 Å². The van der Waals surface area contributed by atoms with Gasteiger partial charge in [-0.3, -0.25) is 9.78 Å². The van der Waals surface area contributed by atoms with Gasteiger partial charge < -0.3 is 10.2 Å². The van der Waals surface area contributed by atoms with Crippen molar-refractivity contribution >= 4 is 23.0 Å². The van der Waals surface area contributed by atoms with E-state index in [0.717, 1.165) is 36.5 Å². The first-order chi connectivity index (χ1) is 14.5. The maximum atomic E-state index is 13.8. The van der Waals surface area contributed by atoms with Gasteiger partial charge in [-0.25, -0.2) is 13.8 Å². The fourth-order valence-electron chi connectivity index (χ4n) is 3.51. The molecule has 2 aromatic carbocycles. The second kappa shape index (κ2) is 8.41. The lowest BCUT2D eigenvalue weighted by Crippen LogP contribution is -2.31. The van der Waals surface area contributed by atoms with Crippen molar-refractivity contribution in [2.45, 2.75) is 13.3 Å². The Kier molecular flexibility index (Phi) is 5.52. The molecule has 2 heterocycles. The first kappa shape index (κ1) is 19.7. The Morgan fingerprint density at radius 1 is 1.07 bits per heavy atom. The van der Waals surface area contributed by atoms with Crippen LogP contribution in [0.5, 0.6) is 0 Å². The van der Waals surface area contributed by atoms with Gasteiger partial charge >= 0.3 is 0 Å². The molecule has 1 aliphatic rings. The highest BCUT2D eigenvalue weighted by molar-refractivity contribution is 6.04. The summed E-state index contributed by atoms with van der Waals surface area (Å²) in [5.41, 5.74) is 3.37.